The lowest BCUT2D eigenvalue weighted by atomic mass is 9.89. The molecule has 1 aliphatic heterocycles. The van der Waals surface area contributed by atoms with Crippen molar-refractivity contribution in [2.45, 2.75) is 25.3 Å². The van der Waals surface area contributed by atoms with Gasteiger partial charge in [-0.2, -0.15) is 0 Å². The topological polar surface area (TPSA) is 30.5 Å². The lowest BCUT2D eigenvalue weighted by molar-refractivity contribution is 0.174. The summed E-state index contributed by atoms with van der Waals surface area (Å²) in [5.74, 6) is 1.80. The molecule has 3 aromatic rings. The second kappa shape index (κ2) is 10.3. The highest BCUT2D eigenvalue weighted by Crippen LogP contribution is 2.36. The molecule has 1 unspecified atom stereocenters. The van der Waals surface area contributed by atoms with E-state index in [0.29, 0.717) is 18.0 Å². The smallest absolute Gasteiger partial charge is 0.231 e. The molecule has 0 aliphatic carbocycles. The first-order chi connectivity index (χ1) is 13.8. The molecular formula is C24H25ClFNO2. The van der Waals surface area contributed by atoms with E-state index in [0.717, 1.165) is 30.9 Å². The molecule has 4 rings (SSSR count). The van der Waals surface area contributed by atoms with Gasteiger partial charge in [0, 0.05) is 12.1 Å². The fraction of sp³-hybridized carbons (Fsp3) is 0.250. The van der Waals surface area contributed by atoms with Crippen molar-refractivity contribution in [3.63, 3.8) is 0 Å². The maximum absolute atomic E-state index is 13.8. The number of fused-ring (bicyclic) bond motifs is 1. The van der Waals surface area contributed by atoms with E-state index in [1.807, 2.05) is 24.3 Å². The predicted octanol–water partition coefficient (Wildman–Crippen LogP) is 5.48. The van der Waals surface area contributed by atoms with Crippen molar-refractivity contribution in [3.8, 4) is 11.5 Å². The summed E-state index contributed by atoms with van der Waals surface area (Å²) < 4.78 is 24.8. The van der Waals surface area contributed by atoms with Gasteiger partial charge >= 0.3 is 0 Å². The van der Waals surface area contributed by atoms with Crippen LogP contribution in [0.3, 0.4) is 0 Å². The van der Waals surface area contributed by atoms with E-state index in [2.05, 4.69) is 41.7 Å². The standard InChI is InChI=1S/C24H24FNO2.ClH/c25-22-9-5-4-8-21(22)16-26-13-12-20(14-18-6-2-1-3-7-18)19-10-11-23-24(15-19)28-17-27-23;/h1-11,15,20,26H,12-14,16-17H2;1H. The third kappa shape index (κ3) is 5.49. The number of ether oxygens (including phenoxy) is 2. The SMILES string of the molecule is Cl.Fc1ccccc1CNCCC(Cc1ccccc1)c1ccc2c(c1)OCO2. The first-order valence-electron chi connectivity index (χ1n) is 9.67. The second-order valence-corrected chi connectivity index (χ2v) is 7.06. The zero-order valence-corrected chi connectivity index (χ0v) is 17.0. The van der Waals surface area contributed by atoms with E-state index in [4.69, 9.17) is 9.47 Å². The Balaban J connectivity index is 0.00000240. The summed E-state index contributed by atoms with van der Waals surface area (Å²) in [6, 6.07) is 23.6. The van der Waals surface area contributed by atoms with E-state index < -0.39 is 0 Å². The summed E-state index contributed by atoms with van der Waals surface area (Å²) >= 11 is 0. The Hall–Kier alpha value is -2.56. The number of hydrogen-bond donors (Lipinski definition) is 1. The van der Waals surface area contributed by atoms with Gasteiger partial charge in [-0.05, 0) is 54.6 Å². The molecule has 1 N–H and O–H groups in total. The Morgan fingerprint density at radius 3 is 2.48 bits per heavy atom. The van der Waals surface area contributed by atoms with Crippen LogP contribution in [0.5, 0.6) is 11.5 Å². The van der Waals surface area contributed by atoms with Crippen molar-refractivity contribution in [2.24, 2.45) is 0 Å². The van der Waals surface area contributed by atoms with Crippen LogP contribution >= 0.6 is 12.4 Å². The van der Waals surface area contributed by atoms with Crippen LogP contribution in [0.2, 0.25) is 0 Å². The Kier molecular flexibility index (Phi) is 7.50. The van der Waals surface area contributed by atoms with Crippen LogP contribution in [0.25, 0.3) is 0 Å². The van der Waals surface area contributed by atoms with Gasteiger partial charge in [-0.1, -0.05) is 54.6 Å². The first kappa shape index (κ1) is 21.2. The maximum atomic E-state index is 13.8. The Bertz CT molecular complexity index is 920. The van der Waals surface area contributed by atoms with Gasteiger partial charge in [0.25, 0.3) is 0 Å². The number of nitrogens with one attached hydrogen (secondary N) is 1. The molecule has 0 saturated carbocycles. The molecule has 3 nitrogen and oxygen atoms in total. The molecule has 1 heterocycles. The van der Waals surface area contributed by atoms with Gasteiger partial charge < -0.3 is 14.8 Å². The molecule has 1 atom stereocenters. The summed E-state index contributed by atoms with van der Waals surface area (Å²) in [5, 5.41) is 3.38. The average Bonchev–Trinajstić information content (AvgIpc) is 3.20. The van der Waals surface area contributed by atoms with Crippen LogP contribution in [0.4, 0.5) is 4.39 Å². The van der Waals surface area contributed by atoms with Crippen molar-refractivity contribution in [1.29, 1.82) is 0 Å². The molecular weight excluding hydrogens is 389 g/mol. The van der Waals surface area contributed by atoms with E-state index in [1.54, 1.807) is 6.07 Å². The lowest BCUT2D eigenvalue weighted by Crippen LogP contribution is -2.19. The van der Waals surface area contributed by atoms with Crippen LogP contribution in [-0.4, -0.2) is 13.3 Å². The molecule has 0 amide bonds. The van der Waals surface area contributed by atoms with Crippen LogP contribution < -0.4 is 14.8 Å². The number of hydrogen-bond acceptors (Lipinski definition) is 3. The van der Waals surface area contributed by atoms with E-state index >= 15 is 0 Å². The molecule has 0 spiro atoms. The minimum Gasteiger partial charge on any atom is -0.454 e. The lowest BCUT2D eigenvalue weighted by Gasteiger charge is -2.19. The molecule has 0 aromatic heterocycles. The van der Waals surface area contributed by atoms with E-state index in [1.165, 1.54) is 17.2 Å². The van der Waals surface area contributed by atoms with Crippen molar-refractivity contribution < 1.29 is 13.9 Å². The molecule has 29 heavy (non-hydrogen) atoms. The molecule has 0 saturated heterocycles. The molecule has 0 bridgehead atoms. The van der Waals surface area contributed by atoms with Gasteiger partial charge in [-0.15, -0.1) is 12.4 Å². The number of benzene rings is 3. The Labute approximate surface area is 177 Å². The monoisotopic (exact) mass is 413 g/mol. The minimum absolute atomic E-state index is 0. The zero-order chi connectivity index (χ0) is 19.2. The summed E-state index contributed by atoms with van der Waals surface area (Å²) in [5.41, 5.74) is 3.24. The van der Waals surface area contributed by atoms with Crippen molar-refractivity contribution in [2.75, 3.05) is 13.3 Å². The summed E-state index contributed by atoms with van der Waals surface area (Å²) in [7, 11) is 0. The van der Waals surface area contributed by atoms with Crippen molar-refractivity contribution >= 4 is 12.4 Å². The zero-order valence-electron chi connectivity index (χ0n) is 16.1. The normalized spacial score (nSPS) is 13.0. The highest BCUT2D eigenvalue weighted by molar-refractivity contribution is 5.85. The highest BCUT2D eigenvalue weighted by atomic mass is 35.5. The quantitative estimate of drug-likeness (QED) is 0.496. The fourth-order valence-corrected chi connectivity index (χ4v) is 3.59. The first-order valence-corrected chi connectivity index (χ1v) is 9.67. The highest BCUT2D eigenvalue weighted by Gasteiger charge is 2.18. The molecule has 0 radical (unpaired) electrons. The summed E-state index contributed by atoms with van der Waals surface area (Å²) in [6.45, 7) is 1.62. The third-order valence-electron chi connectivity index (χ3n) is 5.14. The van der Waals surface area contributed by atoms with Crippen molar-refractivity contribution in [1.82, 2.24) is 5.32 Å². The summed E-state index contributed by atoms with van der Waals surface area (Å²) in [4.78, 5) is 0. The molecule has 3 aromatic carbocycles. The largest absolute Gasteiger partial charge is 0.454 e. The number of halogens is 2. The second-order valence-electron chi connectivity index (χ2n) is 7.06. The maximum Gasteiger partial charge on any atom is 0.231 e. The number of rotatable bonds is 8. The van der Waals surface area contributed by atoms with Gasteiger partial charge in [0.2, 0.25) is 6.79 Å². The molecule has 1 aliphatic rings. The van der Waals surface area contributed by atoms with Gasteiger partial charge in [0.1, 0.15) is 5.82 Å². The Morgan fingerprint density at radius 2 is 1.66 bits per heavy atom. The molecule has 5 heteroatoms. The van der Waals surface area contributed by atoms with Gasteiger partial charge in [-0.25, -0.2) is 4.39 Å². The van der Waals surface area contributed by atoms with Crippen LogP contribution in [0.15, 0.2) is 72.8 Å². The predicted molar refractivity (Wildman–Crippen MR) is 115 cm³/mol. The fourth-order valence-electron chi connectivity index (χ4n) is 3.59. The molecule has 152 valence electrons. The average molecular weight is 414 g/mol. The van der Waals surface area contributed by atoms with Gasteiger partial charge in [0.05, 0.1) is 0 Å². The van der Waals surface area contributed by atoms with Crippen LogP contribution in [0, 0.1) is 5.82 Å². The van der Waals surface area contributed by atoms with Crippen LogP contribution in [0.1, 0.15) is 29.0 Å². The summed E-state index contributed by atoms with van der Waals surface area (Å²) in [6.07, 6.45) is 1.89. The minimum atomic E-state index is -0.161. The van der Waals surface area contributed by atoms with Crippen LogP contribution in [-0.2, 0) is 13.0 Å². The third-order valence-corrected chi connectivity index (χ3v) is 5.14. The Morgan fingerprint density at radius 1 is 0.897 bits per heavy atom. The van der Waals surface area contributed by atoms with E-state index in [-0.39, 0.29) is 25.0 Å². The van der Waals surface area contributed by atoms with Gasteiger partial charge in [-0.3, -0.25) is 0 Å². The van der Waals surface area contributed by atoms with Gasteiger partial charge in [0.15, 0.2) is 11.5 Å². The van der Waals surface area contributed by atoms with Crippen molar-refractivity contribution in [3.05, 3.63) is 95.3 Å². The van der Waals surface area contributed by atoms with E-state index in [9.17, 15) is 4.39 Å². The molecule has 0 fully saturated rings.